The van der Waals surface area contributed by atoms with Crippen LogP contribution >= 0.6 is 0 Å². The van der Waals surface area contributed by atoms with E-state index in [1.807, 2.05) is 13.0 Å². The van der Waals surface area contributed by atoms with E-state index in [4.69, 9.17) is 5.26 Å². The first-order chi connectivity index (χ1) is 10.9. The molecule has 0 radical (unpaired) electrons. The van der Waals surface area contributed by atoms with Crippen molar-refractivity contribution < 1.29 is 8.42 Å². The van der Waals surface area contributed by atoms with Gasteiger partial charge in [-0.2, -0.15) is 10.4 Å². The summed E-state index contributed by atoms with van der Waals surface area (Å²) in [6.07, 6.45) is 1.44. The van der Waals surface area contributed by atoms with Gasteiger partial charge >= 0.3 is 0 Å². The lowest BCUT2D eigenvalue weighted by Crippen LogP contribution is -2.13. The molecule has 8 heteroatoms. The maximum atomic E-state index is 12.4. The number of aromatic nitrogens is 3. The van der Waals surface area contributed by atoms with Crippen molar-refractivity contribution >= 4 is 26.7 Å². The van der Waals surface area contributed by atoms with Crippen LogP contribution in [0.25, 0.3) is 11.0 Å². The van der Waals surface area contributed by atoms with Crippen molar-refractivity contribution in [1.82, 2.24) is 14.8 Å². The maximum absolute atomic E-state index is 12.4. The monoisotopic (exact) mass is 327 g/mol. The molecule has 0 saturated carbocycles. The molecule has 3 aromatic rings. The molecule has 0 amide bonds. The quantitative estimate of drug-likeness (QED) is 0.792. The van der Waals surface area contributed by atoms with Crippen molar-refractivity contribution in [2.75, 3.05) is 4.72 Å². The number of aryl methyl sites for hydroxylation is 2. The predicted molar refractivity (Wildman–Crippen MR) is 85.2 cm³/mol. The second kappa shape index (κ2) is 5.37. The van der Waals surface area contributed by atoms with Crippen molar-refractivity contribution in [3.05, 3.63) is 47.8 Å². The SMILES string of the molecule is Cc1nn(C)c2ncc(NS(=O)(=O)c3cccc(C#N)c3)cc12. The van der Waals surface area contributed by atoms with Crippen LogP contribution in [-0.4, -0.2) is 23.2 Å². The molecule has 0 atom stereocenters. The van der Waals surface area contributed by atoms with Crippen LogP contribution in [0.4, 0.5) is 5.69 Å². The van der Waals surface area contributed by atoms with E-state index in [1.54, 1.807) is 23.9 Å². The topological polar surface area (TPSA) is 101 Å². The lowest BCUT2D eigenvalue weighted by Gasteiger charge is -2.08. The molecular formula is C15H13N5O2S. The summed E-state index contributed by atoms with van der Waals surface area (Å²) in [5.41, 5.74) is 2.07. The average Bonchev–Trinajstić information content (AvgIpc) is 2.81. The highest BCUT2D eigenvalue weighted by Gasteiger charge is 2.16. The van der Waals surface area contributed by atoms with E-state index < -0.39 is 10.0 Å². The molecule has 3 rings (SSSR count). The fraction of sp³-hybridized carbons (Fsp3) is 0.133. The number of hydrogen-bond donors (Lipinski definition) is 1. The van der Waals surface area contributed by atoms with Crippen LogP contribution in [0.3, 0.4) is 0 Å². The Morgan fingerprint density at radius 2 is 2.09 bits per heavy atom. The van der Waals surface area contributed by atoms with Gasteiger partial charge in [-0.3, -0.25) is 9.40 Å². The third-order valence-electron chi connectivity index (χ3n) is 3.39. The molecule has 0 aliphatic rings. The van der Waals surface area contributed by atoms with E-state index >= 15 is 0 Å². The van der Waals surface area contributed by atoms with Crippen molar-refractivity contribution in [3.8, 4) is 6.07 Å². The Morgan fingerprint density at radius 1 is 1.30 bits per heavy atom. The Labute approximate surface area is 133 Å². The second-order valence-corrected chi connectivity index (χ2v) is 6.73. The molecule has 2 heterocycles. The zero-order chi connectivity index (χ0) is 16.6. The minimum Gasteiger partial charge on any atom is -0.278 e. The molecular weight excluding hydrogens is 314 g/mol. The Hall–Kier alpha value is -2.92. The summed E-state index contributed by atoms with van der Waals surface area (Å²) in [5, 5.41) is 13.9. The summed E-state index contributed by atoms with van der Waals surface area (Å²) in [6, 6.07) is 9.45. The standard InChI is InChI=1S/C15H13N5O2S/c1-10-14-7-12(9-17-15(14)20(2)18-10)19-23(21,22)13-5-3-4-11(6-13)8-16/h3-7,9,19H,1-2H3. The maximum Gasteiger partial charge on any atom is 0.261 e. The van der Waals surface area contributed by atoms with Crippen molar-refractivity contribution in [2.45, 2.75) is 11.8 Å². The molecule has 2 aromatic heterocycles. The van der Waals surface area contributed by atoms with Crippen LogP contribution in [0.2, 0.25) is 0 Å². The average molecular weight is 327 g/mol. The molecule has 0 aliphatic heterocycles. The van der Waals surface area contributed by atoms with Gasteiger partial charge in [0, 0.05) is 12.4 Å². The van der Waals surface area contributed by atoms with Crippen molar-refractivity contribution in [3.63, 3.8) is 0 Å². The predicted octanol–water partition coefficient (Wildman–Crippen LogP) is 1.95. The zero-order valence-electron chi connectivity index (χ0n) is 12.5. The lowest BCUT2D eigenvalue weighted by atomic mass is 10.2. The summed E-state index contributed by atoms with van der Waals surface area (Å²) in [6.45, 7) is 1.83. The highest BCUT2D eigenvalue weighted by Crippen LogP contribution is 2.22. The normalized spacial score (nSPS) is 11.3. The highest BCUT2D eigenvalue weighted by atomic mass is 32.2. The Balaban J connectivity index is 2.00. The van der Waals surface area contributed by atoms with Gasteiger partial charge in [0.15, 0.2) is 5.65 Å². The largest absolute Gasteiger partial charge is 0.278 e. The molecule has 0 aliphatic carbocycles. The molecule has 0 saturated heterocycles. The minimum absolute atomic E-state index is 0.0274. The molecule has 0 fully saturated rings. The Bertz CT molecular complexity index is 1050. The van der Waals surface area contributed by atoms with Gasteiger partial charge in [-0.1, -0.05) is 6.07 Å². The van der Waals surface area contributed by atoms with Gasteiger partial charge in [-0.15, -0.1) is 0 Å². The van der Waals surface area contributed by atoms with Gasteiger partial charge < -0.3 is 0 Å². The number of fused-ring (bicyclic) bond motifs is 1. The van der Waals surface area contributed by atoms with Crippen LogP contribution in [0.15, 0.2) is 41.4 Å². The first-order valence-electron chi connectivity index (χ1n) is 6.73. The number of nitrogens with zero attached hydrogens (tertiary/aromatic N) is 4. The summed E-state index contributed by atoms with van der Waals surface area (Å²) in [4.78, 5) is 4.26. The number of benzene rings is 1. The first-order valence-corrected chi connectivity index (χ1v) is 8.21. The second-order valence-electron chi connectivity index (χ2n) is 5.05. The van der Waals surface area contributed by atoms with Gasteiger partial charge in [-0.25, -0.2) is 13.4 Å². The van der Waals surface area contributed by atoms with Crippen molar-refractivity contribution in [2.24, 2.45) is 7.05 Å². The number of nitrogens with one attached hydrogen (secondary N) is 1. The number of anilines is 1. The van der Waals surface area contributed by atoms with Crippen LogP contribution < -0.4 is 4.72 Å². The first kappa shape index (κ1) is 15.0. The highest BCUT2D eigenvalue weighted by molar-refractivity contribution is 7.92. The van der Waals surface area contributed by atoms with E-state index in [-0.39, 0.29) is 10.5 Å². The Morgan fingerprint density at radius 3 is 2.83 bits per heavy atom. The number of hydrogen-bond acceptors (Lipinski definition) is 5. The fourth-order valence-corrected chi connectivity index (χ4v) is 3.39. The van der Waals surface area contributed by atoms with Gasteiger partial charge in [0.05, 0.1) is 34.1 Å². The molecule has 0 unspecified atom stereocenters. The minimum atomic E-state index is -3.79. The van der Waals surface area contributed by atoms with Crippen LogP contribution in [0.1, 0.15) is 11.3 Å². The molecule has 0 bridgehead atoms. The fourth-order valence-electron chi connectivity index (χ4n) is 2.31. The summed E-state index contributed by atoms with van der Waals surface area (Å²) in [5.74, 6) is 0. The van der Waals surface area contributed by atoms with Crippen LogP contribution in [0, 0.1) is 18.3 Å². The summed E-state index contributed by atoms with van der Waals surface area (Å²) < 4.78 is 29.0. The van der Waals surface area contributed by atoms with E-state index in [1.165, 1.54) is 24.4 Å². The van der Waals surface area contributed by atoms with E-state index in [0.29, 0.717) is 11.3 Å². The number of sulfonamides is 1. The molecule has 116 valence electrons. The molecule has 23 heavy (non-hydrogen) atoms. The molecule has 7 nitrogen and oxygen atoms in total. The number of pyridine rings is 1. The van der Waals surface area contributed by atoms with E-state index in [2.05, 4.69) is 14.8 Å². The van der Waals surface area contributed by atoms with Crippen molar-refractivity contribution in [1.29, 1.82) is 5.26 Å². The number of rotatable bonds is 3. The molecule has 1 aromatic carbocycles. The third-order valence-corrected chi connectivity index (χ3v) is 4.77. The van der Waals surface area contributed by atoms with E-state index in [0.717, 1.165) is 11.1 Å². The number of nitriles is 1. The summed E-state index contributed by atoms with van der Waals surface area (Å²) >= 11 is 0. The molecule has 1 N–H and O–H groups in total. The lowest BCUT2D eigenvalue weighted by molar-refractivity contribution is 0.601. The zero-order valence-corrected chi connectivity index (χ0v) is 13.3. The van der Waals surface area contributed by atoms with Gasteiger partial charge in [0.1, 0.15) is 0 Å². The van der Waals surface area contributed by atoms with Gasteiger partial charge in [0.25, 0.3) is 10.0 Å². The third kappa shape index (κ3) is 2.74. The molecule has 0 spiro atoms. The van der Waals surface area contributed by atoms with Crippen LogP contribution in [0.5, 0.6) is 0 Å². The Kier molecular flexibility index (Phi) is 3.50. The van der Waals surface area contributed by atoms with Crippen LogP contribution in [-0.2, 0) is 17.1 Å². The smallest absolute Gasteiger partial charge is 0.261 e. The summed E-state index contributed by atoms with van der Waals surface area (Å²) in [7, 11) is -2.01. The van der Waals surface area contributed by atoms with Gasteiger partial charge in [0.2, 0.25) is 0 Å². The van der Waals surface area contributed by atoms with Gasteiger partial charge in [-0.05, 0) is 31.2 Å². The van der Waals surface area contributed by atoms with E-state index in [9.17, 15) is 8.42 Å².